The number of Topliss-reactive ketones (excluding diaryl/α,β-unsaturated/α-hetero) is 1. The Kier molecular flexibility index (Phi) is 7.90. The molecular weight excluding hydrogens is 478 g/mol. The van der Waals surface area contributed by atoms with Crippen LogP contribution in [0.25, 0.3) is 0 Å². The normalized spacial score (nSPS) is 19.8. The van der Waals surface area contributed by atoms with Crippen molar-refractivity contribution in [3.8, 4) is 11.8 Å². The number of nitrogens with zero attached hydrogens (tertiary/aromatic N) is 1. The minimum atomic E-state index is -2.11. The molecule has 2 rings (SSSR count). The summed E-state index contributed by atoms with van der Waals surface area (Å²) in [5.41, 5.74) is 0.481. The number of β-lactam (4-membered cyclic amide) rings is 1. The molecule has 168 valence electrons. The van der Waals surface area contributed by atoms with E-state index in [9.17, 15) is 19.5 Å². The SMILES string of the molecule is C[C@@H](O[Si](C)(C)C(C)(C)C)[C@@H]1C(=O)N(CC(=O)O)[C@@H]1CC#CC(=O)c1ccc(Br)cc1. The van der Waals surface area contributed by atoms with Crippen LogP contribution < -0.4 is 0 Å². The molecule has 1 aromatic rings. The van der Waals surface area contributed by atoms with Crippen molar-refractivity contribution in [2.75, 3.05) is 6.54 Å². The summed E-state index contributed by atoms with van der Waals surface area (Å²) in [5, 5.41) is 9.16. The highest BCUT2D eigenvalue weighted by Gasteiger charge is 2.52. The van der Waals surface area contributed by atoms with E-state index in [-0.39, 0.29) is 35.8 Å². The van der Waals surface area contributed by atoms with Crippen LogP contribution in [0.15, 0.2) is 28.7 Å². The van der Waals surface area contributed by atoms with Crippen LogP contribution >= 0.6 is 15.9 Å². The fraction of sp³-hybridized carbons (Fsp3) is 0.522. The van der Waals surface area contributed by atoms with Crippen LogP contribution in [-0.2, 0) is 14.0 Å². The first-order valence-electron chi connectivity index (χ1n) is 10.2. The van der Waals surface area contributed by atoms with Crippen molar-refractivity contribution in [1.82, 2.24) is 4.90 Å². The molecule has 0 spiro atoms. The zero-order valence-corrected chi connectivity index (χ0v) is 21.4. The van der Waals surface area contributed by atoms with E-state index in [0.717, 1.165) is 4.47 Å². The molecule has 0 saturated carbocycles. The summed E-state index contributed by atoms with van der Waals surface area (Å²) in [6.45, 7) is 12.1. The van der Waals surface area contributed by atoms with Crippen LogP contribution in [0.3, 0.4) is 0 Å². The number of amides is 1. The predicted molar refractivity (Wildman–Crippen MR) is 125 cm³/mol. The quantitative estimate of drug-likeness (QED) is 0.195. The lowest BCUT2D eigenvalue weighted by molar-refractivity contribution is -0.168. The molecule has 1 amide bonds. The Morgan fingerprint density at radius 2 is 1.84 bits per heavy atom. The molecule has 0 unspecified atom stereocenters. The third-order valence-corrected chi connectivity index (χ3v) is 11.2. The lowest BCUT2D eigenvalue weighted by Gasteiger charge is -2.50. The number of benzene rings is 1. The summed E-state index contributed by atoms with van der Waals surface area (Å²) >= 11 is 3.33. The fourth-order valence-electron chi connectivity index (χ4n) is 3.35. The van der Waals surface area contributed by atoms with Crippen molar-refractivity contribution in [1.29, 1.82) is 0 Å². The molecular formula is C23H30BrNO5Si. The van der Waals surface area contributed by atoms with Gasteiger partial charge in [-0.05, 0) is 55.2 Å². The molecule has 1 heterocycles. The highest BCUT2D eigenvalue weighted by atomic mass is 79.9. The van der Waals surface area contributed by atoms with E-state index in [1.807, 2.05) is 6.92 Å². The number of ketones is 1. The van der Waals surface area contributed by atoms with E-state index in [4.69, 9.17) is 4.43 Å². The van der Waals surface area contributed by atoms with Gasteiger partial charge in [0, 0.05) is 16.5 Å². The number of carbonyl (C=O) groups excluding carboxylic acids is 2. The maximum atomic E-state index is 12.7. The van der Waals surface area contributed by atoms with Gasteiger partial charge in [-0.2, -0.15) is 0 Å². The Balaban J connectivity index is 2.16. The molecule has 1 N–H and O–H groups in total. The number of halogens is 1. The number of hydrogen-bond acceptors (Lipinski definition) is 4. The monoisotopic (exact) mass is 507 g/mol. The van der Waals surface area contributed by atoms with Crippen LogP contribution in [0, 0.1) is 17.8 Å². The lowest BCUT2D eigenvalue weighted by Crippen LogP contribution is -2.66. The molecule has 0 aromatic heterocycles. The van der Waals surface area contributed by atoms with Gasteiger partial charge in [0.1, 0.15) is 6.54 Å². The topological polar surface area (TPSA) is 83.9 Å². The molecule has 1 saturated heterocycles. The van der Waals surface area contributed by atoms with E-state index >= 15 is 0 Å². The van der Waals surface area contributed by atoms with Gasteiger partial charge in [-0.3, -0.25) is 14.4 Å². The lowest BCUT2D eigenvalue weighted by atomic mass is 9.81. The average molecular weight is 508 g/mol. The molecule has 0 aliphatic carbocycles. The maximum Gasteiger partial charge on any atom is 0.323 e. The molecule has 1 fully saturated rings. The van der Waals surface area contributed by atoms with Gasteiger partial charge in [0.15, 0.2) is 8.32 Å². The average Bonchev–Trinajstić information content (AvgIpc) is 2.64. The van der Waals surface area contributed by atoms with Crippen LogP contribution in [-0.4, -0.2) is 54.7 Å². The zero-order chi connectivity index (χ0) is 23.6. The first kappa shape index (κ1) is 25.3. The van der Waals surface area contributed by atoms with E-state index in [2.05, 4.69) is 61.6 Å². The smallest absolute Gasteiger partial charge is 0.323 e. The molecule has 0 bridgehead atoms. The summed E-state index contributed by atoms with van der Waals surface area (Å²) < 4.78 is 7.26. The molecule has 6 nitrogen and oxygen atoms in total. The third kappa shape index (κ3) is 6.06. The molecule has 1 aliphatic heterocycles. The highest BCUT2D eigenvalue weighted by molar-refractivity contribution is 9.10. The number of likely N-dealkylation sites (tertiary alicyclic amines) is 1. The van der Waals surface area contributed by atoms with E-state index in [0.29, 0.717) is 5.56 Å². The number of hydrogen-bond donors (Lipinski definition) is 1. The second-order valence-electron chi connectivity index (χ2n) is 9.38. The van der Waals surface area contributed by atoms with Gasteiger partial charge in [-0.25, -0.2) is 0 Å². The Hall–Kier alpha value is -1.95. The molecule has 3 atom stereocenters. The van der Waals surface area contributed by atoms with Crippen LogP contribution in [0.5, 0.6) is 0 Å². The Morgan fingerprint density at radius 3 is 2.35 bits per heavy atom. The molecule has 1 aromatic carbocycles. The minimum absolute atomic E-state index is 0.0127. The number of carboxylic acid groups (broad SMARTS) is 1. The van der Waals surface area contributed by atoms with Gasteiger partial charge < -0.3 is 14.4 Å². The third-order valence-electron chi connectivity index (χ3n) is 6.10. The summed E-state index contributed by atoms with van der Waals surface area (Å²) in [4.78, 5) is 37.5. The van der Waals surface area contributed by atoms with Crippen LogP contribution in [0.4, 0.5) is 0 Å². The van der Waals surface area contributed by atoms with Crippen molar-refractivity contribution in [2.24, 2.45) is 5.92 Å². The summed E-state index contributed by atoms with van der Waals surface area (Å²) in [6, 6.07) is 6.51. The summed E-state index contributed by atoms with van der Waals surface area (Å²) in [7, 11) is -2.11. The Labute approximate surface area is 193 Å². The van der Waals surface area contributed by atoms with E-state index in [1.54, 1.807) is 24.3 Å². The van der Waals surface area contributed by atoms with Crippen molar-refractivity contribution in [3.05, 3.63) is 34.3 Å². The van der Waals surface area contributed by atoms with Gasteiger partial charge in [0.05, 0.1) is 18.1 Å². The fourth-order valence-corrected chi connectivity index (χ4v) is 5.04. The Bertz CT molecular complexity index is 911. The molecule has 0 radical (unpaired) electrons. The standard InChI is InChI=1S/C23H30BrNO5Si/c1-15(30-31(5,6)23(2,3)4)21-18(25(22(21)29)14-20(27)28)8-7-9-19(26)16-10-12-17(24)13-11-16/h10-13,15,18,21H,8,14H2,1-6H3,(H,27,28)/t15-,18-,21+/m1/s1. The minimum Gasteiger partial charge on any atom is -0.480 e. The van der Waals surface area contributed by atoms with Crippen LogP contribution in [0.2, 0.25) is 18.1 Å². The maximum absolute atomic E-state index is 12.7. The summed E-state index contributed by atoms with van der Waals surface area (Å²) in [6.07, 6.45) is -0.135. The highest BCUT2D eigenvalue weighted by Crippen LogP contribution is 2.40. The van der Waals surface area contributed by atoms with E-state index < -0.39 is 26.2 Å². The summed E-state index contributed by atoms with van der Waals surface area (Å²) in [5.74, 6) is 3.38. The first-order valence-corrected chi connectivity index (χ1v) is 13.9. The largest absolute Gasteiger partial charge is 0.480 e. The molecule has 1 aliphatic rings. The van der Waals surface area contributed by atoms with Crippen molar-refractivity contribution < 1.29 is 23.9 Å². The van der Waals surface area contributed by atoms with Crippen molar-refractivity contribution in [3.63, 3.8) is 0 Å². The van der Waals surface area contributed by atoms with Gasteiger partial charge in [0.25, 0.3) is 0 Å². The second kappa shape index (κ2) is 9.68. The van der Waals surface area contributed by atoms with Crippen molar-refractivity contribution in [2.45, 2.75) is 64.4 Å². The van der Waals surface area contributed by atoms with Crippen LogP contribution in [0.1, 0.15) is 44.5 Å². The number of carboxylic acids is 1. The Morgan fingerprint density at radius 1 is 1.26 bits per heavy atom. The molecule has 8 heteroatoms. The van der Waals surface area contributed by atoms with Gasteiger partial charge in [0.2, 0.25) is 11.7 Å². The predicted octanol–water partition coefficient (Wildman–Crippen LogP) is 4.35. The van der Waals surface area contributed by atoms with Crippen molar-refractivity contribution >= 4 is 41.9 Å². The van der Waals surface area contributed by atoms with Gasteiger partial charge >= 0.3 is 5.97 Å². The number of aliphatic carboxylic acids is 1. The number of rotatable bonds is 7. The first-order chi connectivity index (χ1) is 14.2. The van der Waals surface area contributed by atoms with Gasteiger partial charge in [-0.1, -0.05) is 42.6 Å². The van der Waals surface area contributed by atoms with E-state index in [1.165, 1.54) is 4.90 Å². The van der Waals surface area contributed by atoms with Gasteiger partial charge in [-0.15, -0.1) is 0 Å². The second-order valence-corrected chi connectivity index (χ2v) is 15.1. The molecule has 31 heavy (non-hydrogen) atoms. The zero-order valence-electron chi connectivity index (χ0n) is 18.9. The number of carbonyl (C=O) groups is 3.